The first-order chi connectivity index (χ1) is 15.3. The second-order valence-electron chi connectivity index (χ2n) is 6.80. The molecule has 5 heteroatoms. The Morgan fingerprint density at radius 3 is 1.32 bits per heavy atom. The Bertz CT molecular complexity index is 1180. The van der Waals surface area contributed by atoms with E-state index >= 15 is 0 Å². The summed E-state index contributed by atoms with van der Waals surface area (Å²) in [6.45, 7) is 0. The molecular formula is C26H18N2O3. The van der Waals surface area contributed by atoms with Crippen molar-refractivity contribution in [1.82, 2.24) is 10.2 Å². The summed E-state index contributed by atoms with van der Waals surface area (Å²) in [5, 5.41) is 8.42. The van der Waals surface area contributed by atoms with Crippen LogP contribution in [0.1, 0.15) is 0 Å². The van der Waals surface area contributed by atoms with Crippen LogP contribution in [0, 0.1) is 0 Å². The number of ether oxygens (including phenoxy) is 2. The van der Waals surface area contributed by atoms with Crippen molar-refractivity contribution in [1.29, 1.82) is 0 Å². The first-order valence-corrected chi connectivity index (χ1v) is 9.84. The Morgan fingerprint density at radius 1 is 0.452 bits per heavy atom. The largest absolute Gasteiger partial charge is 0.457 e. The molecule has 0 saturated carbocycles. The fourth-order valence-corrected chi connectivity index (χ4v) is 3.09. The topological polar surface area (TPSA) is 57.4 Å². The van der Waals surface area contributed by atoms with Crippen molar-refractivity contribution >= 4 is 0 Å². The highest BCUT2D eigenvalue weighted by molar-refractivity contribution is 5.60. The summed E-state index contributed by atoms with van der Waals surface area (Å²) < 4.78 is 17.7. The molecule has 1 heterocycles. The Kier molecular flexibility index (Phi) is 5.14. The van der Waals surface area contributed by atoms with Crippen LogP contribution in [0.3, 0.4) is 0 Å². The van der Waals surface area contributed by atoms with Crippen LogP contribution in [0.25, 0.3) is 22.9 Å². The predicted molar refractivity (Wildman–Crippen MR) is 118 cm³/mol. The van der Waals surface area contributed by atoms with Crippen molar-refractivity contribution < 1.29 is 13.9 Å². The Morgan fingerprint density at radius 2 is 0.871 bits per heavy atom. The van der Waals surface area contributed by atoms with Crippen LogP contribution in [-0.4, -0.2) is 10.2 Å². The van der Waals surface area contributed by atoms with Crippen molar-refractivity contribution in [3.05, 3.63) is 109 Å². The molecule has 0 radical (unpaired) electrons. The molecule has 31 heavy (non-hydrogen) atoms. The SMILES string of the molecule is c1ccc(Oc2cccc(-c3nnc(-c4cccc(Oc5ccccc5)c4)o3)c2)cc1. The fourth-order valence-electron chi connectivity index (χ4n) is 3.09. The van der Waals surface area contributed by atoms with Crippen LogP contribution in [0.15, 0.2) is 114 Å². The Hall–Kier alpha value is -4.38. The van der Waals surface area contributed by atoms with E-state index in [0.29, 0.717) is 23.3 Å². The van der Waals surface area contributed by atoms with Crippen molar-refractivity contribution in [2.24, 2.45) is 0 Å². The summed E-state index contributed by atoms with van der Waals surface area (Å²) in [5.74, 6) is 3.76. The molecule has 0 saturated heterocycles. The smallest absolute Gasteiger partial charge is 0.248 e. The van der Waals surface area contributed by atoms with Crippen LogP contribution < -0.4 is 9.47 Å². The molecule has 5 nitrogen and oxygen atoms in total. The zero-order valence-electron chi connectivity index (χ0n) is 16.5. The lowest BCUT2D eigenvalue weighted by Gasteiger charge is -2.06. The number of aromatic nitrogens is 2. The molecule has 0 aliphatic heterocycles. The van der Waals surface area contributed by atoms with Gasteiger partial charge in [0.2, 0.25) is 11.8 Å². The van der Waals surface area contributed by atoms with Gasteiger partial charge in [0.25, 0.3) is 0 Å². The van der Waals surface area contributed by atoms with E-state index in [2.05, 4.69) is 10.2 Å². The summed E-state index contributed by atoms with van der Waals surface area (Å²) in [6, 6.07) is 34.4. The van der Waals surface area contributed by atoms with Crippen molar-refractivity contribution in [2.75, 3.05) is 0 Å². The van der Waals surface area contributed by atoms with Crippen molar-refractivity contribution in [3.63, 3.8) is 0 Å². The molecule has 0 atom stereocenters. The summed E-state index contributed by atoms with van der Waals surface area (Å²) in [5.41, 5.74) is 1.56. The minimum atomic E-state index is 0.419. The van der Waals surface area contributed by atoms with Gasteiger partial charge in [0, 0.05) is 11.1 Å². The molecular weight excluding hydrogens is 388 g/mol. The lowest BCUT2D eigenvalue weighted by Crippen LogP contribution is -1.85. The minimum Gasteiger partial charge on any atom is -0.457 e. The molecule has 4 aromatic carbocycles. The third kappa shape index (κ3) is 4.46. The monoisotopic (exact) mass is 406 g/mol. The lowest BCUT2D eigenvalue weighted by atomic mass is 10.2. The maximum absolute atomic E-state index is 5.93. The lowest BCUT2D eigenvalue weighted by molar-refractivity contribution is 0.482. The molecule has 0 amide bonds. The predicted octanol–water partition coefficient (Wildman–Crippen LogP) is 6.99. The van der Waals surface area contributed by atoms with Gasteiger partial charge in [0.15, 0.2) is 0 Å². The molecule has 0 aliphatic carbocycles. The van der Waals surface area contributed by atoms with E-state index in [1.807, 2.05) is 109 Å². The maximum Gasteiger partial charge on any atom is 0.248 e. The van der Waals surface area contributed by atoms with Gasteiger partial charge in [-0.3, -0.25) is 0 Å². The molecule has 5 rings (SSSR count). The van der Waals surface area contributed by atoms with E-state index in [-0.39, 0.29) is 0 Å². The second-order valence-corrected chi connectivity index (χ2v) is 6.80. The number of benzene rings is 4. The molecule has 0 bridgehead atoms. The third-order valence-electron chi connectivity index (χ3n) is 4.54. The zero-order chi connectivity index (χ0) is 20.9. The summed E-state index contributed by atoms with van der Waals surface area (Å²) >= 11 is 0. The number of hydrogen-bond acceptors (Lipinski definition) is 5. The van der Waals surface area contributed by atoms with Crippen LogP contribution in [0.4, 0.5) is 0 Å². The molecule has 1 aromatic heterocycles. The quantitative estimate of drug-likeness (QED) is 0.304. The average molecular weight is 406 g/mol. The Labute approximate surface area is 179 Å². The molecule has 0 aliphatic rings. The summed E-state index contributed by atoms with van der Waals surface area (Å²) in [6.07, 6.45) is 0. The number of para-hydroxylation sites is 2. The maximum atomic E-state index is 5.93. The van der Waals surface area contributed by atoms with E-state index in [1.165, 1.54) is 0 Å². The zero-order valence-corrected chi connectivity index (χ0v) is 16.5. The van der Waals surface area contributed by atoms with E-state index in [4.69, 9.17) is 13.9 Å². The van der Waals surface area contributed by atoms with Crippen LogP contribution >= 0.6 is 0 Å². The van der Waals surface area contributed by atoms with Crippen molar-refractivity contribution in [2.45, 2.75) is 0 Å². The summed E-state index contributed by atoms with van der Waals surface area (Å²) in [4.78, 5) is 0. The summed E-state index contributed by atoms with van der Waals surface area (Å²) in [7, 11) is 0. The number of hydrogen-bond donors (Lipinski definition) is 0. The molecule has 0 spiro atoms. The molecule has 0 N–H and O–H groups in total. The van der Waals surface area contributed by atoms with Gasteiger partial charge in [-0.25, -0.2) is 0 Å². The van der Waals surface area contributed by atoms with Crippen molar-refractivity contribution in [3.8, 4) is 45.9 Å². The highest BCUT2D eigenvalue weighted by Crippen LogP contribution is 2.30. The first kappa shape index (κ1) is 18.6. The van der Waals surface area contributed by atoms with E-state index in [1.54, 1.807) is 0 Å². The molecule has 150 valence electrons. The Balaban J connectivity index is 1.37. The van der Waals surface area contributed by atoms with Gasteiger partial charge in [-0.1, -0.05) is 48.5 Å². The normalized spacial score (nSPS) is 10.6. The first-order valence-electron chi connectivity index (χ1n) is 9.84. The van der Waals surface area contributed by atoms with Gasteiger partial charge in [-0.2, -0.15) is 0 Å². The van der Waals surface area contributed by atoms with Gasteiger partial charge in [-0.05, 0) is 60.7 Å². The van der Waals surface area contributed by atoms with Gasteiger partial charge >= 0.3 is 0 Å². The molecule has 0 fully saturated rings. The van der Waals surface area contributed by atoms with Gasteiger partial charge in [0.1, 0.15) is 23.0 Å². The van der Waals surface area contributed by atoms with Gasteiger partial charge < -0.3 is 13.9 Å². The third-order valence-corrected chi connectivity index (χ3v) is 4.54. The van der Waals surface area contributed by atoms with Crippen LogP contribution in [0.2, 0.25) is 0 Å². The van der Waals surface area contributed by atoms with E-state index in [0.717, 1.165) is 22.6 Å². The van der Waals surface area contributed by atoms with Gasteiger partial charge in [-0.15, -0.1) is 10.2 Å². The number of rotatable bonds is 6. The molecule has 0 unspecified atom stereocenters. The highest BCUT2D eigenvalue weighted by atomic mass is 16.5. The fraction of sp³-hybridized carbons (Fsp3) is 0. The average Bonchev–Trinajstić information content (AvgIpc) is 3.31. The number of nitrogens with zero attached hydrogens (tertiary/aromatic N) is 2. The van der Waals surface area contributed by atoms with E-state index in [9.17, 15) is 0 Å². The van der Waals surface area contributed by atoms with Crippen LogP contribution in [0.5, 0.6) is 23.0 Å². The standard InChI is InChI=1S/C26H18N2O3/c1-3-11-21(12-4-1)29-23-15-7-9-19(17-23)25-27-28-26(31-25)20-10-8-16-24(18-20)30-22-13-5-2-6-14-22/h1-18H. The molecule has 5 aromatic rings. The second kappa shape index (κ2) is 8.55. The highest BCUT2D eigenvalue weighted by Gasteiger charge is 2.12. The minimum absolute atomic E-state index is 0.419. The van der Waals surface area contributed by atoms with Gasteiger partial charge in [0.05, 0.1) is 0 Å². The van der Waals surface area contributed by atoms with Crippen LogP contribution in [-0.2, 0) is 0 Å². The van der Waals surface area contributed by atoms with E-state index < -0.39 is 0 Å².